The van der Waals surface area contributed by atoms with Crippen molar-refractivity contribution in [2.24, 2.45) is 0 Å². The second kappa shape index (κ2) is 8.60. The van der Waals surface area contributed by atoms with Gasteiger partial charge >= 0.3 is 0 Å². The van der Waals surface area contributed by atoms with Gasteiger partial charge in [-0.3, -0.25) is 4.79 Å². The summed E-state index contributed by atoms with van der Waals surface area (Å²) >= 11 is 1.52. The van der Waals surface area contributed by atoms with E-state index in [1.807, 2.05) is 17.2 Å². The lowest BCUT2D eigenvalue weighted by molar-refractivity contribution is 0.0605. The molecule has 1 aliphatic heterocycles. The first-order valence-corrected chi connectivity index (χ1v) is 8.14. The molecule has 0 atom stereocenters. The average molecular weight is 319 g/mol. The lowest BCUT2D eigenvalue weighted by Crippen LogP contribution is -2.46. The molecule has 114 valence electrons. The number of hydrogen-bond acceptors (Lipinski definition) is 4. The molecule has 0 spiro atoms. The van der Waals surface area contributed by atoms with Gasteiger partial charge in [-0.05, 0) is 50.7 Å². The number of nitrogens with zero attached hydrogens (tertiary/aromatic N) is 1. The van der Waals surface area contributed by atoms with Crippen LogP contribution in [0.5, 0.6) is 0 Å². The van der Waals surface area contributed by atoms with Gasteiger partial charge < -0.3 is 14.6 Å². The van der Waals surface area contributed by atoms with Gasteiger partial charge in [0, 0.05) is 12.6 Å². The lowest BCUT2D eigenvalue weighted by Gasteiger charge is -2.34. The largest absolute Gasteiger partial charge is 0.445 e. The molecule has 0 unspecified atom stereocenters. The predicted octanol–water partition coefficient (Wildman–Crippen LogP) is 3.03. The van der Waals surface area contributed by atoms with E-state index in [0.717, 1.165) is 44.0 Å². The number of halogens is 1. The predicted molar refractivity (Wildman–Crippen MR) is 85.0 cm³/mol. The molecular formula is C14H23ClN2O2S. The Morgan fingerprint density at radius 1 is 1.45 bits per heavy atom. The average Bonchev–Trinajstić information content (AvgIpc) is 2.94. The standard InChI is InChI=1S/C14H22N2O2S.ClH/c1-3-10-16(11-6-8-15-9-7-11)14(17)12-4-5-13(18-12)19-2;/h4-5,11,15H,3,6-10H2,1-2H3;1H. The Hall–Kier alpha value is -0.650. The fourth-order valence-corrected chi connectivity index (χ4v) is 2.87. The molecule has 2 heterocycles. The first-order valence-electron chi connectivity index (χ1n) is 6.91. The third kappa shape index (κ3) is 4.17. The summed E-state index contributed by atoms with van der Waals surface area (Å²) in [5, 5.41) is 4.14. The van der Waals surface area contributed by atoms with Crippen molar-refractivity contribution < 1.29 is 9.21 Å². The topological polar surface area (TPSA) is 45.5 Å². The van der Waals surface area contributed by atoms with Gasteiger partial charge in [0.15, 0.2) is 10.9 Å². The van der Waals surface area contributed by atoms with Gasteiger partial charge in [0.2, 0.25) is 0 Å². The molecule has 1 fully saturated rings. The Balaban J connectivity index is 0.00000200. The monoisotopic (exact) mass is 318 g/mol. The summed E-state index contributed by atoms with van der Waals surface area (Å²) in [5.41, 5.74) is 0. The van der Waals surface area contributed by atoms with Crippen LogP contribution in [0.25, 0.3) is 0 Å². The quantitative estimate of drug-likeness (QED) is 0.848. The maximum absolute atomic E-state index is 12.6. The van der Waals surface area contributed by atoms with Crippen molar-refractivity contribution in [3.8, 4) is 0 Å². The molecule has 6 heteroatoms. The van der Waals surface area contributed by atoms with Crippen LogP contribution >= 0.6 is 24.2 Å². The Labute approximate surface area is 131 Å². The summed E-state index contributed by atoms with van der Waals surface area (Å²) in [6.07, 6.45) is 4.99. The van der Waals surface area contributed by atoms with Crippen LogP contribution in [0, 0.1) is 0 Å². The maximum atomic E-state index is 12.6. The Morgan fingerprint density at radius 2 is 2.15 bits per heavy atom. The van der Waals surface area contributed by atoms with Crippen molar-refractivity contribution in [3.63, 3.8) is 0 Å². The molecule has 0 radical (unpaired) electrons. The number of thioether (sulfide) groups is 1. The van der Waals surface area contributed by atoms with Gasteiger partial charge in [0.1, 0.15) is 0 Å². The van der Waals surface area contributed by atoms with Crippen molar-refractivity contribution in [1.82, 2.24) is 10.2 Å². The van der Waals surface area contributed by atoms with Crippen molar-refractivity contribution in [3.05, 3.63) is 17.9 Å². The van der Waals surface area contributed by atoms with Crippen LogP contribution in [0.3, 0.4) is 0 Å². The van der Waals surface area contributed by atoms with E-state index in [2.05, 4.69) is 12.2 Å². The lowest BCUT2D eigenvalue weighted by atomic mass is 10.0. The molecule has 0 bridgehead atoms. The third-order valence-electron chi connectivity index (χ3n) is 3.47. The van der Waals surface area contributed by atoms with Gasteiger partial charge in [0.05, 0.1) is 0 Å². The third-order valence-corrected chi connectivity index (χ3v) is 4.09. The Bertz CT molecular complexity index is 419. The zero-order valence-corrected chi connectivity index (χ0v) is 13.7. The Kier molecular flexibility index (Phi) is 7.48. The fraction of sp³-hybridized carbons (Fsp3) is 0.643. The van der Waals surface area contributed by atoms with Crippen LogP contribution in [0.1, 0.15) is 36.7 Å². The molecule has 2 rings (SSSR count). The molecule has 0 aromatic carbocycles. The minimum atomic E-state index is 0. The zero-order chi connectivity index (χ0) is 13.7. The molecule has 0 saturated carbocycles. The number of carbonyl (C=O) groups is 1. The van der Waals surface area contributed by atoms with Crippen molar-refractivity contribution >= 4 is 30.1 Å². The normalized spacial score (nSPS) is 15.7. The van der Waals surface area contributed by atoms with E-state index in [0.29, 0.717) is 11.8 Å². The summed E-state index contributed by atoms with van der Waals surface area (Å²) in [6, 6.07) is 4.00. The van der Waals surface area contributed by atoms with Crippen molar-refractivity contribution in [2.75, 3.05) is 25.9 Å². The van der Waals surface area contributed by atoms with Crippen LogP contribution in [0.2, 0.25) is 0 Å². The number of hydrogen-bond donors (Lipinski definition) is 1. The van der Waals surface area contributed by atoms with E-state index in [1.54, 1.807) is 6.07 Å². The van der Waals surface area contributed by atoms with E-state index >= 15 is 0 Å². The van der Waals surface area contributed by atoms with E-state index in [-0.39, 0.29) is 18.3 Å². The van der Waals surface area contributed by atoms with Gasteiger partial charge in [-0.15, -0.1) is 12.4 Å². The first-order chi connectivity index (χ1) is 9.26. The number of amides is 1. The van der Waals surface area contributed by atoms with Crippen molar-refractivity contribution in [1.29, 1.82) is 0 Å². The molecule has 0 aliphatic carbocycles. The molecule has 20 heavy (non-hydrogen) atoms. The van der Waals surface area contributed by atoms with Gasteiger partial charge in [-0.2, -0.15) is 0 Å². The molecule has 1 saturated heterocycles. The molecule has 1 aromatic rings. The molecule has 1 aromatic heterocycles. The van der Waals surface area contributed by atoms with Gasteiger partial charge in [0.25, 0.3) is 5.91 Å². The second-order valence-electron chi connectivity index (χ2n) is 4.80. The summed E-state index contributed by atoms with van der Waals surface area (Å²) in [7, 11) is 0. The number of piperidine rings is 1. The minimum absolute atomic E-state index is 0. The van der Waals surface area contributed by atoms with Crippen LogP contribution in [0.4, 0.5) is 0 Å². The number of rotatable bonds is 5. The van der Waals surface area contributed by atoms with Crippen LogP contribution in [-0.4, -0.2) is 42.7 Å². The highest BCUT2D eigenvalue weighted by Crippen LogP contribution is 2.21. The smallest absolute Gasteiger partial charge is 0.289 e. The highest BCUT2D eigenvalue weighted by molar-refractivity contribution is 7.98. The first kappa shape index (κ1) is 17.4. The molecular weight excluding hydrogens is 296 g/mol. The highest BCUT2D eigenvalue weighted by Gasteiger charge is 2.27. The van der Waals surface area contributed by atoms with Crippen LogP contribution in [0.15, 0.2) is 21.6 Å². The summed E-state index contributed by atoms with van der Waals surface area (Å²) in [6.45, 7) is 4.90. The second-order valence-corrected chi connectivity index (χ2v) is 5.61. The highest BCUT2D eigenvalue weighted by atomic mass is 35.5. The van der Waals surface area contributed by atoms with E-state index in [4.69, 9.17) is 4.42 Å². The van der Waals surface area contributed by atoms with Crippen molar-refractivity contribution in [2.45, 2.75) is 37.3 Å². The van der Waals surface area contributed by atoms with Gasteiger partial charge in [-0.1, -0.05) is 18.7 Å². The van der Waals surface area contributed by atoms with Gasteiger partial charge in [-0.25, -0.2) is 0 Å². The van der Waals surface area contributed by atoms with E-state index in [1.165, 1.54) is 11.8 Å². The summed E-state index contributed by atoms with van der Waals surface area (Å²) < 4.78 is 5.57. The molecule has 1 N–H and O–H groups in total. The number of furan rings is 1. The van der Waals surface area contributed by atoms with Crippen LogP contribution in [-0.2, 0) is 0 Å². The summed E-state index contributed by atoms with van der Waals surface area (Å²) in [4.78, 5) is 14.6. The summed E-state index contributed by atoms with van der Waals surface area (Å²) in [5.74, 6) is 0.505. The number of carbonyl (C=O) groups excluding carboxylic acids is 1. The molecule has 1 amide bonds. The Morgan fingerprint density at radius 3 is 2.70 bits per heavy atom. The minimum Gasteiger partial charge on any atom is -0.445 e. The molecule has 4 nitrogen and oxygen atoms in total. The SMILES string of the molecule is CCCN(C(=O)c1ccc(SC)o1)C1CCNCC1.Cl. The maximum Gasteiger partial charge on any atom is 0.289 e. The fourth-order valence-electron chi connectivity index (χ4n) is 2.50. The van der Waals surface area contributed by atoms with E-state index in [9.17, 15) is 4.79 Å². The number of nitrogens with one attached hydrogen (secondary N) is 1. The zero-order valence-electron chi connectivity index (χ0n) is 12.1. The van der Waals surface area contributed by atoms with E-state index < -0.39 is 0 Å². The van der Waals surface area contributed by atoms with Crippen LogP contribution < -0.4 is 5.32 Å². The molecule has 1 aliphatic rings.